The van der Waals surface area contributed by atoms with E-state index in [1.807, 2.05) is 0 Å². The summed E-state index contributed by atoms with van der Waals surface area (Å²) < 4.78 is 34.9. The van der Waals surface area contributed by atoms with Crippen molar-refractivity contribution in [3.63, 3.8) is 0 Å². The lowest BCUT2D eigenvalue weighted by Crippen LogP contribution is -2.51. The summed E-state index contributed by atoms with van der Waals surface area (Å²) in [6.07, 6.45) is 0.346. The SMILES string of the molecule is COc1ccc(C(=O)N2CCOC(CN(CC(=O)O)S(C)(=O)=O)C2)cc1. The Bertz CT molecular complexity index is 748. The fraction of sp³-hybridized carbons (Fsp3) is 0.500. The van der Waals surface area contributed by atoms with Crippen molar-refractivity contribution in [3.05, 3.63) is 29.8 Å². The topological polar surface area (TPSA) is 113 Å². The van der Waals surface area contributed by atoms with Crippen molar-refractivity contribution in [1.82, 2.24) is 9.21 Å². The highest BCUT2D eigenvalue weighted by atomic mass is 32.2. The molecule has 1 fully saturated rings. The fourth-order valence-corrected chi connectivity index (χ4v) is 3.41. The van der Waals surface area contributed by atoms with E-state index in [0.29, 0.717) is 17.9 Å². The first-order valence-electron chi connectivity index (χ1n) is 7.92. The first-order chi connectivity index (χ1) is 12.2. The number of morpholine rings is 1. The van der Waals surface area contributed by atoms with E-state index >= 15 is 0 Å². The second-order valence-corrected chi connectivity index (χ2v) is 7.90. The molecule has 1 N–H and O–H groups in total. The van der Waals surface area contributed by atoms with Gasteiger partial charge in [-0.15, -0.1) is 0 Å². The van der Waals surface area contributed by atoms with Crippen LogP contribution in [0.5, 0.6) is 5.75 Å². The van der Waals surface area contributed by atoms with Crippen molar-refractivity contribution < 1.29 is 32.6 Å². The van der Waals surface area contributed by atoms with Gasteiger partial charge < -0.3 is 19.5 Å². The number of methoxy groups -OCH3 is 1. The third-order valence-corrected chi connectivity index (χ3v) is 5.17. The smallest absolute Gasteiger partial charge is 0.318 e. The van der Waals surface area contributed by atoms with Crippen molar-refractivity contribution >= 4 is 21.9 Å². The van der Waals surface area contributed by atoms with Crippen LogP contribution in [0.2, 0.25) is 0 Å². The molecule has 0 aromatic heterocycles. The van der Waals surface area contributed by atoms with Gasteiger partial charge in [-0.05, 0) is 24.3 Å². The summed E-state index contributed by atoms with van der Waals surface area (Å²) in [5, 5.41) is 8.89. The Labute approximate surface area is 152 Å². The highest BCUT2D eigenvalue weighted by Crippen LogP contribution is 2.16. The average molecular weight is 386 g/mol. The predicted octanol–water partition coefficient (Wildman–Crippen LogP) is -0.118. The average Bonchev–Trinajstić information content (AvgIpc) is 2.60. The molecule has 2 rings (SSSR count). The molecular weight excluding hydrogens is 364 g/mol. The quantitative estimate of drug-likeness (QED) is 0.695. The van der Waals surface area contributed by atoms with E-state index in [4.69, 9.17) is 14.6 Å². The standard InChI is InChI=1S/C16H22N2O7S/c1-24-13-5-3-12(4-6-13)16(21)17-7-8-25-14(9-17)10-18(11-15(19)20)26(2,22)23/h3-6,14H,7-11H2,1-2H3,(H,19,20). The largest absolute Gasteiger partial charge is 0.497 e. The maximum atomic E-state index is 12.6. The number of amides is 1. The zero-order valence-corrected chi connectivity index (χ0v) is 15.4. The number of rotatable bonds is 7. The molecule has 1 aliphatic rings. The van der Waals surface area contributed by atoms with Crippen LogP contribution in [0.4, 0.5) is 0 Å². The van der Waals surface area contributed by atoms with Crippen LogP contribution in [0.1, 0.15) is 10.4 Å². The minimum atomic E-state index is -3.70. The molecule has 10 heteroatoms. The predicted molar refractivity (Wildman–Crippen MR) is 92.7 cm³/mol. The van der Waals surface area contributed by atoms with E-state index in [1.165, 1.54) is 7.11 Å². The summed E-state index contributed by atoms with van der Waals surface area (Å²) in [6, 6.07) is 6.67. The number of hydrogen-bond acceptors (Lipinski definition) is 6. The number of ether oxygens (including phenoxy) is 2. The maximum absolute atomic E-state index is 12.6. The second-order valence-electron chi connectivity index (χ2n) is 5.92. The number of carboxylic acid groups (broad SMARTS) is 1. The van der Waals surface area contributed by atoms with Gasteiger partial charge in [0, 0.05) is 25.2 Å². The Morgan fingerprint density at radius 1 is 1.35 bits per heavy atom. The van der Waals surface area contributed by atoms with Crippen LogP contribution >= 0.6 is 0 Å². The first-order valence-corrected chi connectivity index (χ1v) is 9.77. The van der Waals surface area contributed by atoms with Crippen molar-refractivity contribution in [2.24, 2.45) is 0 Å². The van der Waals surface area contributed by atoms with Crippen LogP contribution in [0, 0.1) is 0 Å². The lowest BCUT2D eigenvalue weighted by molar-refractivity contribution is -0.137. The highest BCUT2D eigenvalue weighted by molar-refractivity contribution is 7.88. The number of carbonyl (C=O) groups is 2. The Morgan fingerprint density at radius 2 is 2.00 bits per heavy atom. The molecule has 0 bridgehead atoms. The van der Waals surface area contributed by atoms with Crippen LogP contribution < -0.4 is 4.74 Å². The summed E-state index contributed by atoms with van der Waals surface area (Å²) >= 11 is 0. The molecule has 144 valence electrons. The van der Waals surface area contributed by atoms with Crippen LogP contribution in [0.25, 0.3) is 0 Å². The van der Waals surface area contributed by atoms with Gasteiger partial charge in [-0.3, -0.25) is 9.59 Å². The summed E-state index contributed by atoms with van der Waals surface area (Å²) in [5.74, 6) is -0.818. The number of carbonyl (C=O) groups excluding carboxylic acids is 1. The minimum Gasteiger partial charge on any atom is -0.497 e. The highest BCUT2D eigenvalue weighted by Gasteiger charge is 2.30. The third kappa shape index (κ3) is 5.41. The monoisotopic (exact) mass is 386 g/mol. The zero-order chi connectivity index (χ0) is 19.3. The number of sulfonamides is 1. The molecule has 1 heterocycles. The van der Waals surface area contributed by atoms with Crippen molar-refractivity contribution in [3.8, 4) is 5.75 Å². The lowest BCUT2D eigenvalue weighted by atomic mass is 10.1. The molecule has 0 spiro atoms. The van der Waals surface area contributed by atoms with Gasteiger partial charge in [0.25, 0.3) is 5.91 Å². The van der Waals surface area contributed by atoms with Crippen molar-refractivity contribution in [2.45, 2.75) is 6.10 Å². The van der Waals surface area contributed by atoms with Crippen LogP contribution in [0.15, 0.2) is 24.3 Å². The Balaban J connectivity index is 2.05. The number of benzene rings is 1. The summed E-state index contributed by atoms with van der Waals surface area (Å²) in [5.41, 5.74) is 0.483. The summed E-state index contributed by atoms with van der Waals surface area (Å²) in [7, 11) is -2.17. The number of aliphatic carboxylic acids is 1. The molecule has 1 amide bonds. The van der Waals surface area contributed by atoms with Crippen molar-refractivity contribution in [2.75, 3.05) is 46.2 Å². The van der Waals surface area contributed by atoms with Gasteiger partial charge in [-0.1, -0.05) is 0 Å². The second kappa shape index (κ2) is 8.47. The molecule has 1 aromatic rings. The van der Waals surface area contributed by atoms with Gasteiger partial charge in [0.1, 0.15) is 12.3 Å². The number of nitrogens with zero attached hydrogens (tertiary/aromatic N) is 2. The Hall–Kier alpha value is -2.17. The van der Waals surface area contributed by atoms with Gasteiger partial charge in [0.2, 0.25) is 10.0 Å². The molecule has 1 atom stereocenters. The Morgan fingerprint density at radius 3 is 2.54 bits per heavy atom. The first kappa shape index (κ1) is 20.1. The normalized spacial score (nSPS) is 18.0. The molecule has 1 aliphatic heterocycles. The van der Waals surface area contributed by atoms with Gasteiger partial charge in [0.05, 0.1) is 26.1 Å². The maximum Gasteiger partial charge on any atom is 0.318 e. The van der Waals surface area contributed by atoms with E-state index in [1.54, 1.807) is 29.2 Å². The molecule has 0 radical (unpaired) electrons. The van der Waals surface area contributed by atoms with Crippen molar-refractivity contribution in [1.29, 1.82) is 0 Å². The van der Waals surface area contributed by atoms with Gasteiger partial charge in [-0.2, -0.15) is 4.31 Å². The summed E-state index contributed by atoms with van der Waals surface area (Å²) in [4.78, 5) is 25.1. The molecule has 1 saturated heterocycles. The molecule has 0 saturated carbocycles. The zero-order valence-electron chi connectivity index (χ0n) is 14.6. The van der Waals surface area contributed by atoms with Crippen LogP contribution in [-0.2, 0) is 19.6 Å². The molecular formula is C16H22N2O7S. The number of hydrogen-bond donors (Lipinski definition) is 1. The lowest BCUT2D eigenvalue weighted by Gasteiger charge is -2.35. The molecule has 26 heavy (non-hydrogen) atoms. The van der Waals surface area contributed by atoms with Crippen LogP contribution in [0.3, 0.4) is 0 Å². The van der Waals surface area contributed by atoms with Gasteiger partial charge in [-0.25, -0.2) is 8.42 Å². The van der Waals surface area contributed by atoms with E-state index in [-0.39, 0.29) is 25.6 Å². The van der Waals surface area contributed by atoms with E-state index in [2.05, 4.69) is 0 Å². The van der Waals surface area contributed by atoms with Crippen LogP contribution in [-0.4, -0.2) is 86.9 Å². The fourth-order valence-electron chi connectivity index (χ4n) is 2.63. The molecule has 1 unspecified atom stereocenters. The van der Waals surface area contributed by atoms with E-state index in [0.717, 1.165) is 10.6 Å². The third-order valence-electron chi connectivity index (χ3n) is 3.95. The van der Waals surface area contributed by atoms with Gasteiger partial charge >= 0.3 is 5.97 Å². The van der Waals surface area contributed by atoms with Gasteiger partial charge in [0.15, 0.2) is 0 Å². The Kier molecular flexibility index (Phi) is 6.57. The molecule has 0 aliphatic carbocycles. The molecule has 9 nitrogen and oxygen atoms in total. The van der Waals surface area contributed by atoms with E-state index in [9.17, 15) is 18.0 Å². The number of carboxylic acids is 1. The van der Waals surface area contributed by atoms with E-state index < -0.39 is 28.6 Å². The summed E-state index contributed by atoms with van der Waals surface area (Å²) in [6.45, 7) is 0.0234. The molecule has 1 aromatic carbocycles. The minimum absolute atomic E-state index is 0.127.